The summed E-state index contributed by atoms with van der Waals surface area (Å²) in [5, 5.41) is 11.7. The summed E-state index contributed by atoms with van der Waals surface area (Å²) in [6, 6.07) is 0.439. The van der Waals surface area contributed by atoms with Gasteiger partial charge in [-0.1, -0.05) is 31.3 Å². The van der Waals surface area contributed by atoms with Crippen LogP contribution in [0, 0.1) is 0 Å². The van der Waals surface area contributed by atoms with Gasteiger partial charge in [0.15, 0.2) is 0 Å². The Morgan fingerprint density at radius 1 is 1.25 bits per heavy atom. The van der Waals surface area contributed by atoms with Gasteiger partial charge in [-0.3, -0.25) is 4.90 Å². The van der Waals surface area contributed by atoms with E-state index in [1.54, 1.807) is 0 Å². The molecule has 1 fully saturated rings. The summed E-state index contributed by atoms with van der Waals surface area (Å²) in [6.45, 7) is 4.50. The van der Waals surface area contributed by atoms with Crippen LogP contribution in [-0.4, -0.2) is 35.1 Å². The highest BCUT2D eigenvalue weighted by Crippen LogP contribution is 2.16. The first kappa shape index (κ1) is 13.3. The van der Waals surface area contributed by atoms with Crippen molar-refractivity contribution < 1.29 is 5.21 Å². The van der Waals surface area contributed by atoms with Crippen molar-refractivity contribution in [2.75, 3.05) is 13.1 Å². The first-order valence-corrected chi connectivity index (χ1v) is 6.48. The van der Waals surface area contributed by atoms with E-state index < -0.39 is 0 Å². The number of amidine groups is 1. The number of oxime groups is 1. The molecule has 0 aromatic heterocycles. The van der Waals surface area contributed by atoms with Crippen LogP contribution in [-0.2, 0) is 0 Å². The standard InChI is InChI=1S/C12H25N3O/c1-2-11(10-12(13)14-16)15-8-6-4-3-5-7-9-15/h11,16H,2-10H2,1H3,(H2,13,14). The fraction of sp³-hybridized carbons (Fsp3) is 0.917. The van der Waals surface area contributed by atoms with Crippen molar-refractivity contribution >= 4 is 5.84 Å². The van der Waals surface area contributed by atoms with Gasteiger partial charge in [-0.25, -0.2) is 0 Å². The molecule has 94 valence electrons. The third-order valence-electron chi connectivity index (χ3n) is 3.45. The number of hydrogen-bond donors (Lipinski definition) is 2. The van der Waals surface area contributed by atoms with Gasteiger partial charge in [-0.2, -0.15) is 0 Å². The Kier molecular flexibility index (Phi) is 6.23. The topological polar surface area (TPSA) is 61.9 Å². The first-order chi connectivity index (χ1) is 7.77. The molecule has 4 heteroatoms. The van der Waals surface area contributed by atoms with Gasteiger partial charge >= 0.3 is 0 Å². The third kappa shape index (κ3) is 4.39. The molecule has 1 aliphatic rings. The zero-order valence-corrected chi connectivity index (χ0v) is 10.4. The van der Waals surface area contributed by atoms with E-state index in [9.17, 15) is 0 Å². The van der Waals surface area contributed by atoms with Crippen molar-refractivity contribution in [3.8, 4) is 0 Å². The Morgan fingerprint density at radius 3 is 2.31 bits per heavy atom. The van der Waals surface area contributed by atoms with Gasteiger partial charge in [0.2, 0.25) is 0 Å². The number of nitrogens with two attached hydrogens (primary N) is 1. The average Bonchev–Trinajstić information content (AvgIpc) is 2.26. The molecule has 0 bridgehead atoms. The summed E-state index contributed by atoms with van der Waals surface area (Å²) in [4.78, 5) is 2.51. The Balaban J connectivity index is 2.48. The van der Waals surface area contributed by atoms with Gasteiger partial charge in [-0.15, -0.1) is 0 Å². The second kappa shape index (κ2) is 7.49. The van der Waals surface area contributed by atoms with Crippen molar-refractivity contribution in [2.24, 2.45) is 10.9 Å². The smallest absolute Gasteiger partial charge is 0.140 e. The molecule has 0 radical (unpaired) electrons. The molecular weight excluding hydrogens is 202 g/mol. The zero-order chi connectivity index (χ0) is 11.8. The van der Waals surface area contributed by atoms with E-state index >= 15 is 0 Å². The van der Waals surface area contributed by atoms with Crippen molar-refractivity contribution in [3.05, 3.63) is 0 Å². The highest BCUT2D eigenvalue weighted by atomic mass is 16.4. The molecule has 0 spiro atoms. The van der Waals surface area contributed by atoms with Gasteiger partial charge in [0.1, 0.15) is 5.84 Å². The third-order valence-corrected chi connectivity index (χ3v) is 3.45. The SMILES string of the molecule is CCC(C/C(N)=N/O)N1CCCCCCC1. The molecule has 3 N–H and O–H groups in total. The van der Waals surface area contributed by atoms with Gasteiger partial charge in [0.25, 0.3) is 0 Å². The molecular formula is C12H25N3O. The van der Waals surface area contributed by atoms with E-state index in [0.29, 0.717) is 18.3 Å². The van der Waals surface area contributed by atoms with E-state index in [0.717, 1.165) is 19.5 Å². The lowest BCUT2D eigenvalue weighted by Crippen LogP contribution is -2.39. The lowest BCUT2D eigenvalue weighted by molar-refractivity contribution is 0.177. The first-order valence-electron chi connectivity index (χ1n) is 6.48. The molecule has 1 saturated heterocycles. The second-order valence-corrected chi connectivity index (χ2v) is 4.66. The van der Waals surface area contributed by atoms with Crippen LogP contribution in [0.25, 0.3) is 0 Å². The molecule has 1 unspecified atom stereocenters. The Morgan fingerprint density at radius 2 is 1.81 bits per heavy atom. The summed E-state index contributed by atoms with van der Waals surface area (Å²) in [7, 11) is 0. The number of hydrogen-bond acceptors (Lipinski definition) is 3. The lowest BCUT2D eigenvalue weighted by Gasteiger charge is -2.32. The molecule has 1 aliphatic heterocycles. The van der Waals surface area contributed by atoms with Gasteiger partial charge in [0.05, 0.1) is 0 Å². The van der Waals surface area contributed by atoms with Crippen LogP contribution in [0.15, 0.2) is 5.16 Å². The molecule has 0 aromatic rings. The predicted molar refractivity (Wildman–Crippen MR) is 66.8 cm³/mol. The van der Waals surface area contributed by atoms with E-state index in [2.05, 4.69) is 17.0 Å². The van der Waals surface area contributed by atoms with Crippen LogP contribution in [0.5, 0.6) is 0 Å². The Hall–Kier alpha value is -0.770. The maximum absolute atomic E-state index is 8.62. The van der Waals surface area contributed by atoms with Gasteiger partial charge in [0, 0.05) is 12.5 Å². The van der Waals surface area contributed by atoms with Crippen molar-refractivity contribution in [1.82, 2.24) is 4.90 Å². The lowest BCUT2D eigenvalue weighted by atomic mass is 10.0. The van der Waals surface area contributed by atoms with Crippen LogP contribution in [0.4, 0.5) is 0 Å². The van der Waals surface area contributed by atoms with Crippen molar-refractivity contribution in [2.45, 2.75) is 57.9 Å². The zero-order valence-electron chi connectivity index (χ0n) is 10.4. The van der Waals surface area contributed by atoms with Crippen LogP contribution in [0.2, 0.25) is 0 Å². The van der Waals surface area contributed by atoms with E-state index in [1.165, 1.54) is 32.1 Å². The van der Waals surface area contributed by atoms with Crippen LogP contribution >= 0.6 is 0 Å². The second-order valence-electron chi connectivity index (χ2n) is 4.66. The van der Waals surface area contributed by atoms with E-state index in [1.807, 2.05) is 0 Å². The van der Waals surface area contributed by atoms with Crippen LogP contribution in [0.1, 0.15) is 51.9 Å². The fourth-order valence-corrected chi connectivity index (χ4v) is 2.45. The number of rotatable bonds is 4. The normalized spacial score (nSPS) is 22.4. The largest absolute Gasteiger partial charge is 0.409 e. The molecule has 1 atom stereocenters. The molecule has 1 heterocycles. The quantitative estimate of drug-likeness (QED) is 0.335. The molecule has 16 heavy (non-hydrogen) atoms. The van der Waals surface area contributed by atoms with Gasteiger partial charge in [-0.05, 0) is 32.4 Å². The average molecular weight is 227 g/mol. The summed E-state index contributed by atoms with van der Waals surface area (Å²) in [5.74, 6) is 0.355. The van der Waals surface area contributed by atoms with Crippen molar-refractivity contribution in [3.63, 3.8) is 0 Å². The molecule has 1 rings (SSSR count). The van der Waals surface area contributed by atoms with Crippen LogP contribution < -0.4 is 5.73 Å². The number of nitrogens with zero attached hydrogens (tertiary/aromatic N) is 2. The minimum atomic E-state index is 0.355. The monoisotopic (exact) mass is 227 g/mol. The number of likely N-dealkylation sites (tertiary alicyclic amines) is 1. The molecule has 4 nitrogen and oxygen atoms in total. The highest BCUT2D eigenvalue weighted by molar-refractivity contribution is 5.80. The predicted octanol–water partition coefficient (Wildman–Crippen LogP) is 2.17. The fourth-order valence-electron chi connectivity index (χ4n) is 2.45. The van der Waals surface area contributed by atoms with E-state index in [-0.39, 0.29) is 0 Å². The van der Waals surface area contributed by atoms with E-state index in [4.69, 9.17) is 10.9 Å². The molecule has 0 aliphatic carbocycles. The summed E-state index contributed by atoms with van der Waals surface area (Å²) >= 11 is 0. The molecule has 0 saturated carbocycles. The summed E-state index contributed by atoms with van der Waals surface area (Å²) < 4.78 is 0. The minimum Gasteiger partial charge on any atom is -0.409 e. The maximum atomic E-state index is 8.62. The summed E-state index contributed by atoms with van der Waals surface area (Å²) in [5.41, 5.74) is 5.60. The van der Waals surface area contributed by atoms with Crippen LogP contribution in [0.3, 0.4) is 0 Å². The molecule has 0 aromatic carbocycles. The minimum absolute atomic E-state index is 0.355. The maximum Gasteiger partial charge on any atom is 0.140 e. The van der Waals surface area contributed by atoms with Crippen molar-refractivity contribution in [1.29, 1.82) is 0 Å². The Labute approximate surface area is 98.5 Å². The summed E-state index contributed by atoms with van der Waals surface area (Å²) in [6.07, 6.45) is 8.39. The van der Waals surface area contributed by atoms with Gasteiger partial charge < -0.3 is 10.9 Å². The highest BCUT2D eigenvalue weighted by Gasteiger charge is 2.18. The molecule has 0 amide bonds. The Bertz CT molecular complexity index is 210.